The van der Waals surface area contributed by atoms with Crippen LogP contribution in [0.4, 0.5) is 4.39 Å². The first-order valence-corrected chi connectivity index (χ1v) is 5.19. The zero-order valence-electron chi connectivity index (χ0n) is 9.63. The van der Waals surface area contributed by atoms with E-state index in [1.807, 2.05) is 0 Å². The van der Waals surface area contributed by atoms with E-state index >= 15 is 0 Å². The zero-order valence-corrected chi connectivity index (χ0v) is 9.63. The molecule has 18 heavy (non-hydrogen) atoms. The van der Waals surface area contributed by atoms with Crippen LogP contribution >= 0.6 is 0 Å². The van der Waals surface area contributed by atoms with Gasteiger partial charge in [-0.15, -0.1) is 0 Å². The van der Waals surface area contributed by atoms with Crippen LogP contribution in [0.5, 0.6) is 5.75 Å². The van der Waals surface area contributed by atoms with Gasteiger partial charge < -0.3 is 9.84 Å². The molecular weight excluding hydrogens is 239 g/mol. The molecule has 0 fully saturated rings. The molecule has 94 valence electrons. The average molecular weight is 250 g/mol. The van der Waals surface area contributed by atoms with Crippen LogP contribution in [-0.2, 0) is 13.7 Å². The lowest BCUT2D eigenvalue weighted by atomic mass is 10.2. The van der Waals surface area contributed by atoms with E-state index in [0.29, 0.717) is 0 Å². The molecular formula is C12H11FN2O3. The summed E-state index contributed by atoms with van der Waals surface area (Å²) in [5.41, 5.74) is 0.476. The predicted octanol–water partition coefficient (Wildman–Crippen LogP) is 1.84. The van der Waals surface area contributed by atoms with Gasteiger partial charge in [-0.2, -0.15) is 5.10 Å². The minimum absolute atomic E-state index is 0.250. The number of aromatic nitrogens is 2. The highest BCUT2D eigenvalue weighted by molar-refractivity contribution is 5.88. The highest BCUT2D eigenvalue weighted by Crippen LogP contribution is 2.17. The van der Waals surface area contributed by atoms with Crippen LogP contribution in [0.15, 0.2) is 30.6 Å². The van der Waals surface area contributed by atoms with Crippen molar-refractivity contribution in [2.24, 2.45) is 7.05 Å². The number of hydrogen-bond acceptors (Lipinski definition) is 3. The molecule has 0 aliphatic heterocycles. The predicted molar refractivity (Wildman–Crippen MR) is 60.9 cm³/mol. The molecule has 0 aliphatic carbocycles. The van der Waals surface area contributed by atoms with Gasteiger partial charge in [0.05, 0.1) is 11.8 Å². The van der Waals surface area contributed by atoms with Crippen molar-refractivity contribution in [1.29, 1.82) is 0 Å². The Morgan fingerprint density at radius 2 is 2.33 bits per heavy atom. The monoisotopic (exact) mass is 250 g/mol. The van der Waals surface area contributed by atoms with Gasteiger partial charge in [0.2, 0.25) is 0 Å². The summed E-state index contributed by atoms with van der Waals surface area (Å²) in [6, 6.07) is 3.65. The molecule has 0 unspecified atom stereocenters. The van der Waals surface area contributed by atoms with E-state index in [1.165, 1.54) is 12.1 Å². The first-order chi connectivity index (χ1) is 8.56. The summed E-state index contributed by atoms with van der Waals surface area (Å²) < 4.78 is 20.3. The number of hydrogen-bond donors (Lipinski definition) is 1. The molecule has 2 rings (SSSR count). The number of carbonyl (C=O) groups is 1. The number of aromatic carboxylic acids is 1. The number of nitrogens with zero attached hydrogens (tertiary/aromatic N) is 2. The summed E-state index contributed by atoms with van der Waals surface area (Å²) in [7, 11) is 1.78. The SMILES string of the molecule is Cn1cc(COc2ccc(C(=O)O)c(F)c2)cn1. The topological polar surface area (TPSA) is 64.3 Å². The van der Waals surface area contributed by atoms with Gasteiger partial charge in [0, 0.05) is 24.9 Å². The fraction of sp³-hybridized carbons (Fsp3) is 0.167. The zero-order chi connectivity index (χ0) is 13.1. The highest BCUT2D eigenvalue weighted by atomic mass is 19.1. The summed E-state index contributed by atoms with van der Waals surface area (Å²) >= 11 is 0. The number of ether oxygens (including phenoxy) is 1. The van der Waals surface area contributed by atoms with Crippen molar-refractivity contribution in [3.63, 3.8) is 0 Å². The molecule has 0 saturated heterocycles. The molecule has 5 nitrogen and oxygen atoms in total. The van der Waals surface area contributed by atoms with Crippen LogP contribution in [0.3, 0.4) is 0 Å². The van der Waals surface area contributed by atoms with Crippen molar-refractivity contribution in [2.75, 3.05) is 0 Å². The van der Waals surface area contributed by atoms with E-state index < -0.39 is 11.8 Å². The van der Waals surface area contributed by atoms with Gasteiger partial charge in [-0.1, -0.05) is 0 Å². The summed E-state index contributed by atoms with van der Waals surface area (Å²) in [4.78, 5) is 10.6. The quantitative estimate of drug-likeness (QED) is 0.899. The maximum absolute atomic E-state index is 13.4. The Balaban J connectivity index is 2.06. The summed E-state index contributed by atoms with van der Waals surface area (Å²) in [6.07, 6.45) is 3.42. The second-order valence-corrected chi connectivity index (χ2v) is 3.76. The van der Waals surface area contributed by atoms with Gasteiger partial charge in [-0.3, -0.25) is 4.68 Å². The van der Waals surface area contributed by atoms with Gasteiger partial charge in [0.1, 0.15) is 18.2 Å². The molecule has 0 saturated carbocycles. The van der Waals surface area contributed by atoms with Crippen LogP contribution in [0.1, 0.15) is 15.9 Å². The van der Waals surface area contributed by atoms with Gasteiger partial charge >= 0.3 is 5.97 Å². The number of carboxylic acid groups (broad SMARTS) is 1. The average Bonchev–Trinajstić information content (AvgIpc) is 2.72. The van der Waals surface area contributed by atoms with Gasteiger partial charge in [0.25, 0.3) is 0 Å². The van der Waals surface area contributed by atoms with E-state index in [0.717, 1.165) is 11.6 Å². The Labute approximate surface area is 102 Å². The summed E-state index contributed by atoms with van der Waals surface area (Å²) in [6.45, 7) is 0.250. The molecule has 0 atom stereocenters. The van der Waals surface area contributed by atoms with Crippen molar-refractivity contribution in [2.45, 2.75) is 6.61 Å². The van der Waals surface area contributed by atoms with Crippen molar-refractivity contribution in [3.05, 3.63) is 47.5 Å². The number of benzene rings is 1. The molecule has 0 aliphatic rings. The first-order valence-electron chi connectivity index (χ1n) is 5.19. The second kappa shape index (κ2) is 4.87. The van der Waals surface area contributed by atoms with E-state index in [9.17, 15) is 9.18 Å². The molecule has 0 spiro atoms. The van der Waals surface area contributed by atoms with Crippen molar-refractivity contribution < 1.29 is 19.0 Å². The molecule has 6 heteroatoms. The van der Waals surface area contributed by atoms with Gasteiger partial charge in [-0.25, -0.2) is 9.18 Å². The molecule has 0 radical (unpaired) electrons. The van der Waals surface area contributed by atoms with Crippen molar-refractivity contribution in [1.82, 2.24) is 9.78 Å². The summed E-state index contributed by atoms with van der Waals surface area (Å²) in [5, 5.41) is 12.6. The maximum Gasteiger partial charge on any atom is 0.338 e. The van der Waals surface area contributed by atoms with Crippen LogP contribution in [0.25, 0.3) is 0 Å². The van der Waals surface area contributed by atoms with Crippen molar-refractivity contribution >= 4 is 5.97 Å². The van der Waals surface area contributed by atoms with Crippen LogP contribution in [-0.4, -0.2) is 20.9 Å². The lowest BCUT2D eigenvalue weighted by molar-refractivity contribution is 0.0692. The minimum Gasteiger partial charge on any atom is -0.489 e. The van der Waals surface area contributed by atoms with Crippen LogP contribution in [0, 0.1) is 5.82 Å². The van der Waals surface area contributed by atoms with E-state index in [1.54, 1.807) is 24.1 Å². The third-order valence-corrected chi connectivity index (χ3v) is 2.33. The number of halogens is 1. The van der Waals surface area contributed by atoms with Crippen molar-refractivity contribution in [3.8, 4) is 5.75 Å². The molecule has 1 aromatic carbocycles. The third-order valence-electron chi connectivity index (χ3n) is 2.33. The molecule has 0 bridgehead atoms. The molecule has 0 amide bonds. The fourth-order valence-electron chi connectivity index (χ4n) is 1.47. The Bertz CT molecular complexity index is 580. The van der Waals surface area contributed by atoms with Gasteiger partial charge in [-0.05, 0) is 12.1 Å². The Morgan fingerprint density at radius 3 is 2.89 bits per heavy atom. The molecule has 1 heterocycles. The van der Waals surface area contributed by atoms with E-state index in [-0.39, 0.29) is 17.9 Å². The minimum atomic E-state index is -1.30. The second-order valence-electron chi connectivity index (χ2n) is 3.76. The largest absolute Gasteiger partial charge is 0.489 e. The maximum atomic E-state index is 13.4. The van der Waals surface area contributed by atoms with E-state index in [4.69, 9.17) is 9.84 Å². The molecule has 1 N–H and O–H groups in total. The Morgan fingerprint density at radius 1 is 1.56 bits per heavy atom. The lowest BCUT2D eigenvalue weighted by Gasteiger charge is -2.05. The third kappa shape index (κ3) is 2.65. The van der Waals surface area contributed by atoms with Gasteiger partial charge in [0.15, 0.2) is 0 Å². The number of carboxylic acids is 1. The number of rotatable bonds is 4. The lowest BCUT2D eigenvalue weighted by Crippen LogP contribution is -2.01. The Hall–Kier alpha value is -2.37. The highest BCUT2D eigenvalue weighted by Gasteiger charge is 2.10. The van der Waals surface area contributed by atoms with E-state index in [2.05, 4.69) is 5.10 Å². The normalized spacial score (nSPS) is 10.3. The standard InChI is InChI=1S/C12H11FN2O3/c1-15-6-8(5-14-15)7-18-9-2-3-10(12(16)17)11(13)4-9/h2-6H,7H2,1H3,(H,16,17). The molecule has 2 aromatic rings. The summed E-state index contributed by atoms with van der Waals surface area (Å²) in [5.74, 6) is -1.83. The smallest absolute Gasteiger partial charge is 0.338 e. The fourth-order valence-corrected chi connectivity index (χ4v) is 1.47. The molecule has 1 aromatic heterocycles. The Kier molecular flexibility index (Phi) is 3.27. The van der Waals surface area contributed by atoms with Crippen LogP contribution in [0.2, 0.25) is 0 Å². The van der Waals surface area contributed by atoms with Crippen LogP contribution < -0.4 is 4.74 Å². The first kappa shape index (κ1) is 12.1. The number of aryl methyl sites for hydroxylation is 1.